The Morgan fingerprint density at radius 3 is 2.45 bits per heavy atom. The molecule has 2 aliphatic heterocycles. The molecular formula is C14H25BrNO3P. The number of rotatable bonds is 6. The van der Waals surface area contributed by atoms with Gasteiger partial charge in [0.2, 0.25) is 0 Å². The fraction of sp³-hybridized carbons (Fsp3) is 1.00. The van der Waals surface area contributed by atoms with Crippen molar-refractivity contribution in [2.45, 2.75) is 62.7 Å². The van der Waals surface area contributed by atoms with E-state index in [1.165, 1.54) is 0 Å². The van der Waals surface area contributed by atoms with Gasteiger partial charge in [0.1, 0.15) is 5.28 Å². The van der Waals surface area contributed by atoms with Crippen molar-refractivity contribution in [3.8, 4) is 0 Å². The van der Waals surface area contributed by atoms with Gasteiger partial charge in [-0.3, -0.25) is 9.46 Å². The first-order valence-electron chi connectivity index (χ1n) is 7.74. The Balaban J connectivity index is 2.01. The van der Waals surface area contributed by atoms with E-state index in [1.54, 1.807) is 0 Å². The van der Waals surface area contributed by atoms with E-state index in [9.17, 15) is 4.57 Å². The summed E-state index contributed by atoms with van der Waals surface area (Å²) in [6.45, 7) is 9.09. The average Bonchev–Trinajstić information content (AvgIpc) is 2.93. The molecule has 2 aliphatic carbocycles. The molecular weight excluding hydrogens is 341 g/mol. The fourth-order valence-electron chi connectivity index (χ4n) is 4.98. The minimum absolute atomic E-state index is 0.354. The quantitative estimate of drug-likeness (QED) is 0.529. The van der Waals surface area contributed by atoms with Crippen LogP contribution in [0.1, 0.15) is 40.5 Å². The summed E-state index contributed by atoms with van der Waals surface area (Å²) in [6.07, 6.45) is 2.07. The first-order chi connectivity index (χ1) is 9.43. The highest BCUT2D eigenvalue weighted by atomic mass is 79.9. The number of piperidine rings is 1. The predicted octanol–water partition coefficient (Wildman–Crippen LogP) is 3.84. The molecule has 0 spiro atoms. The summed E-state index contributed by atoms with van der Waals surface area (Å²) in [4.78, 5) is 2.98. The van der Waals surface area contributed by atoms with Crippen molar-refractivity contribution in [3.63, 3.8) is 0 Å². The zero-order valence-electron chi connectivity index (χ0n) is 12.7. The standard InChI is InChI=1S/C14H25BrNO3P/c1-5-18-20(17,19-6-2)14-8-10-11(14)7-12(15)13(10)16(14)9(3)4/h9-13H,5-8H2,1-4H3/t10-,11+,12-,13+,14+/m0/s1. The van der Waals surface area contributed by atoms with Gasteiger partial charge in [0, 0.05) is 16.9 Å². The van der Waals surface area contributed by atoms with Crippen LogP contribution >= 0.6 is 23.5 Å². The average molecular weight is 366 g/mol. The van der Waals surface area contributed by atoms with Crippen LogP contribution in [0.2, 0.25) is 0 Å². The Morgan fingerprint density at radius 2 is 1.95 bits per heavy atom. The second-order valence-corrected chi connectivity index (χ2v) is 9.89. The highest BCUT2D eigenvalue weighted by molar-refractivity contribution is 9.09. The van der Waals surface area contributed by atoms with E-state index < -0.39 is 7.60 Å². The van der Waals surface area contributed by atoms with Gasteiger partial charge in [0.15, 0.2) is 0 Å². The molecule has 2 saturated carbocycles. The lowest BCUT2D eigenvalue weighted by atomic mass is 9.74. The van der Waals surface area contributed by atoms with Crippen LogP contribution in [0.3, 0.4) is 0 Å². The van der Waals surface area contributed by atoms with Gasteiger partial charge in [-0.15, -0.1) is 0 Å². The molecule has 0 unspecified atom stereocenters. The van der Waals surface area contributed by atoms with Crippen LogP contribution in [-0.2, 0) is 13.6 Å². The van der Waals surface area contributed by atoms with E-state index in [1.807, 2.05) is 13.8 Å². The third-order valence-corrected chi connectivity index (χ3v) is 9.14. The van der Waals surface area contributed by atoms with Crippen molar-refractivity contribution in [1.82, 2.24) is 4.90 Å². The minimum Gasteiger partial charge on any atom is -0.308 e. The largest absolute Gasteiger partial charge is 0.351 e. The Morgan fingerprint density at radius 1 is 1.35 bits per heavy atom. The SMILES string of the molecule is CCOP(=O)(OCC)[C@]12C[C@@H]3[C@H]([C@@H](Br)C[C@H]31)N2C(C)C. The molecule has 5 atom stereocenters. The van der Waals surface area contributed by atoms with Gasteiger partial charge in [0.25, 0.3) is 0 Å². The van der Waals surface area contributed by atoms with Crippen molar-refractivity contribution < 1.29 is 13.6 Å². The number of alkyl halides is 1. The van der Waals surface area contributed by atoms with Crippen molar-refractivity contribution >= 4 is 23.5 Å². The van der Waals surface area contributed by atoms with Crippen molar-refractivity contribution in [2.24, 2.45) is 11.8 Å². The van der Waals surface area contributed by atoms with Crippen LogP contribution in [0.15, 0.2) is 0 Å². The molecule has 6 heteroatoms. The molecule has 20 heavy (non-hydrogen) atoms. The van der Waals surface area contributed by atoms with E-state index in [0.717, 1.165) is 12.8 Å². The lowest BCUT2D eigenvalue weighted by molar-refractivity contribution is 0.0246. The zero-order valence-corrected chi connectivity index (χ0v) is 15.2. The summed E-state index contributed by atoms with van der Waals surface area (Å²) < 4.78 is 25.0. The van der Waals surface area contributed by atoms with E-state index in [2.05, 4.69) is 34.7 Å². The molecule has 4 aliphatic rings. The first-order valence-corrected chi connectivity index (χ1v) is 10.2. The van der Waals surface area contributed by atoms with Crippen LogP contribution in [0, 0.1) is 11.8 Å². The normalized spacial score (nSPS) is 43.3. The highest BCUT2D eigenvalue weighted by Crippen LogP contribution is 2.81. The van der Waals surface area contributed by atoms with E-state index >= 15 is 0 Å². The second kappa shape index (κ2) is 5.06. The summed E-state index contributed by atoms with van der Waals surface area (Å²) in [5.41, 5.74) is 0. The number of hydrogen-bond donors (Lipinski definition) is 0. The predicted molar refractivity (Wildman–Crippen MR) is 83.3 cm³/mol. The van der Waals surface area contributed by atoms with E-state index in [0.29, 0.717) is 42.0 Å². The molecule has 0 amide bonds. The summed E-state index contributed by atoms with van der Waals surface area (Å²) in [7, 11) is -3.09. The lowest BCUT2D eigenvalue weighted by Crippen LogP contribution is -2.58. The van der Waals surface area contributed by atoms with Gasteiger partial charge in [0.05, 0.1) is 13.2 Å². The highest BCUT2D eigenvalue weighted by Gasteiger charge is 2.80. The topological polar surface area (TPSA) is 38.8 Å². The monoisotopic (exact) mass is 365 g/mol. The van der Waals surface area contributed by atoms with E-state index in [4.69, 9.17) is 9.05 Å². The van der Waals surface area contributed by atoms with Crippen LogP contribution in [0.4, 0.5) is 0 Å². The van der Waals surface area contributed by atoms with Gasteiger partial charge in [-0.1, -0.05) is 15.9 Å². The Labute approximate surface area is 130 Å². The number of hydrogen-bond acceptors (Lipinski definition) is 4. The maximum Gasteiger partial charge on any atom is 0.351 e. The molecule has 2 saturated heterocycles. The molecule has 0 radical (unpaired) electrons. The molecule has 116 valence electrons. The third-order valence-electron chi connectivity index (χ3n) is 5.33. The fourth-order valence-corrected chi connectivity index (χ4v) is 9.02. The number of nitrogens with zero attached hydrogens (tertiary/aromatic N) is 1. The smallest absolute Gasteiger partial charge is 0.308 e. The minimum atomic E-state index is -3.09. The Hall–Kier alpha value is 0.590. The van der Waals surface area contributed by atoms with Crippen LogP contribution in [0.5, 0.6) is 0 Å². The second-order valence-electron chi connectivity index (χ2n) is 6.43. The van der Waals surface area contributed by atoms with Crippen molar-refractivity contribution in [3.05, 3.63) is 0 Å². The van der Waals surface area contributed by atoms with Gasteiger partial charge >= 0.3 is 7.60 Å². The summed E-state index contributed by atoms with van der Waals surface area (Å²) in [5, 5.41) is -0.354. The molecule has 4 fully saturated rings. The summed E-state index contributed by atoms with van der Waals surface area (Å²) >= 11 is 3.83. The lowest BCUT2D eigenvalue weighted by Gasteiger charge is -2.54. The Bertz CT molecular complexity index is 436. The van der Waals surface area contributed by atoms with Crippen molar-refractivity contribution in [2.75, 3.05) is 13.2 Å². The molecule has 0 N–H and O–H groups in total. The van der Waals surface area contributed by atoms with Gasteiger partial charge in [-0.25, -0.2) is 0 Å². The molecule has 0 aromatic heterocycles. The molecule has 4 rings (SSSR count). The van der Waals surface area contributed by atoms with Gasteiger partial charge < -0.3 is 9.05 Å². The number of halogens is 1. The van der Waals surface area contributed by atoms with Crippen LogP contribution in [-0.4, -0.2) is 40.3 Å². The molecule has 0 aromatic rings. The molecule has 4 nitrogen and oxygen atoms in total. The Kier molecular flexibility index (Phi) is 3.91. The molecule has 2 heterocycles. The molecule has 0 aromatic carbocycles. The zero-order chi connectivity index (χ0) is 14.7. The van der Waals surface area contributed by atoms with E-state index in [-0.39, 0.29) is 5.28 Å². The van der Waals surface area contributed by atoms with Crippen LogP contribution < -0.4 is 0 Å². The first kappa shape index (κ1) is 15.5. The third kappa shape index (κ3) is 1.68. The maximum atomic E-state index is 13.5. The van der Waals surface area contributed by atoms with Gasteiger partial charge in [-0.2, -0.15) is 0 Å². The maximum absolute atomic E-state index is 13.5. The summed E-state index contributed by atoms with van der Waals surface area (Å²) in [6, 6.07) is 0.860. The van der Waals surface area contributed by atoms with Gasteiger partial charge in [-0.05, 0) is 52.4 Å². The van der Waals surface area contributed by atoms with Crippen LogP contribution in [0.25, 0.3) is 0 Å². The van der Waals surface area contributed by atoms with Crippen molar-refractivity contribution in [1.29, 1.82) is 0 Å². The summed E-state index contributed by atoms with van der Waals surface area (Å²) in [5.74, 6) is 1.12. The molecule has 4 bridgehead atoms.